The Hall–Kier alpha value is -2.49. The van der Waals surface area contributed by atoms with Gasteiger partial charge in [0.25, 0.3) is 0 Å². The number of methoxy groups -OCH3 is 1. The minimum atomic E-state index is -0.571. The maximum Gasteiger partial charge on any atom is 0.316 e. The molecule has 0 fully saturated rings. The first-order chi connectivity index (χ1) is 8.69. The fourth-order valence-corrected chi connectivity index (χ4v) is 1.72. The average molecular weight is 242 g/mol. The van der Waals surface area contributed by atoms with Crippen LogP contribution in [0.3, 0.4) is 0 Å². The second-order valence-electron chi connectivity index (χ2n) is 3.80. The van der Waals surface area contributed by atoms with Crippen LogP contribution in [0, 0.1) is 0 Å². The summed E-state index contributed by atoms with van der Waals surface area (Å²) >= 11 is 0. The quantitative estimate of drug-likeness (QED) is 0.869. The van der Waals surface area contributed by atoms with Crippen LogP contribution in [0.4, 0.5) is 10.5 Å². The summed E-state index contributed by atoms with van der Waals surface area (Å²) in [5, 5.41) is 2.55. The molecule has 2 aromatic carbocycles. The highest BCUT2D eigenvalue weighted by molar-refractivity contribution is 5.88. The topological polar surface area (TPSA) is 64.3 Å². The summed E-state index contributed by atoms with van der Waals surface area (Å²) in [6.45, 7) is 0. The molecule has 4 nitrogen and oxygen atoms in total. The van der Waals surface area contributed by atoms with Crippen LogP contribution in [-0.2, 0) is 0 Å². The minimum absolute atomic E-state index is 0.571. The normalized spacial score (nSPS) is 9.83. The van der Waals surface area contributed by atoms with Crippen molar-refractivity contribution in [2.45, 2.75) is 0 Å². The van der Waals surface area contributed by atoms with Crippen LogP contribution in [0.1, 0.15) is 0 Å². The first-order valence-corrected chi connectivity index (χ1v) is 5.50. The van der Waals surface area contributed by atoms with E-state index >= 15 is 0 Å². The molecule has 0 heterocycles. The van der Waals surface area contributed by atoms with E-state index < -0.39 is 6.03 Å². The van der Waals surface area contributed by atoms with Gasteiger partial charge in [0, 0.05) is 5.69 Å². The number of rotatable bonds is 3. The van der Waals surface area contributed by atoms with E-state index in [0.717, 1.165) is 16.9 Å². The van der Waals surface area contributed by atoms with Gasteiger partial charge in [-0.3, -0.25) is 0 Å². The zero-order valence-electron chi connectivity index (χ0n) is 10.0. The van der Waals surface area contributed by atoms with Crippen LogP contribution >= 0.6 is 0 Å². The van der Waals surface area contributed by atoms with E-state index in [0.29, 0.717) is 5.69 Å². The van der Waals surface area contributed by atoms with E-state index in [4.69, 9.17) is 10.5 Å². The predicted octanol–water partition coefficient (Wildman–Crippen LogP) is 2.85. The molecule has 4 heteroatoms. The van der Waals surface area contributed by atoms with Crippen molar-refractivity contribution in [2.24, 2.45) is 5.73 Å². The van der Waals surface area contributed by atoms with Gasteiger partial charge in [-0.1, -0.05) is 24.3 Å². The molecular weight excluding hydrogens is 228 g/mol. The molecular formula is C14H14N2O2. The van der Waals surface area contributed by atoms with Gasteiger partial charge in [0.15, 0.2) is 0 Å². The number of amides is 2. The lowest BCUT2D eigenvalue weighted by Gasteiger charge is -2.07. The lowest BCUT2D eigenvalue weighted by atomic mass is 10.0. The molecule has 0 aliphatic heterocycles. The molecule has 0 bridgehead atoms. The van der Waals surface area contributed by atoms with Crippen molar-refractivity contribution in [1.29, 1.82) is 0 Å². The summed E-state index contributed by atoms with van der Waals surface area (Å²) in [6.07, 6.45) is 0. The number of hydrogen-bond donors (Lipinski definition) is 2. The number of ether oxygens (including phenoxy) is 1. The number of carbonyl (C=O) groups excluding carboxylic acids is 1. The van der Waals surface area contributed by atoms with Gasteiger partial charge in [0.1, 0.15) is 5.75 Å². The highest BCUT2D eigenvalue weighted by atomic mass is 16.5. The highest BCUT2D eigenvalue weighted by Gasteiger charge is 2.02. The van der Waals surface area contributed by atoms with Gasteiger partial charge >= 0.3 is 6.03 Å². The van der Waals surface area contributed by atoms with Gasteiger partial charge in [-0.05, 0) is 35.4 Å². The standard InChI is InChI=1S/C14H14N2O2/c1-18-13-7-3-5-11(9-13)10-4-2-6-12(8-10)16-14(15)17/h2-9H,1H3,(H3,15,16,17). The Kier molecular flexibility index (Phi) is 3.48. The Morgan fingerprint density at radius 3 is 2.44 bits per heavy atom. The Morgan fingerprint density at radius 1 is 1.11 bits per heavy atom. The molecule has 0 atom stereocenters. The zero-order valence-corrected chi connectivity index (χ0v) is 10.0. The SMILES string of the molecule is COc1cccc(-c2cccc(NC(N)=O)c2)c1. The van der Waals surface area contributed by atoms with Crippen LogP contribution < -0.4 is 15.8 Å². The number of urea groups is 1. The summed E-state index contributed by atoms with van der Waals surface area (Å²) in [7, 11) is 1.63. The number of nitrogens with one attached hydrogen (secondary N) is 1. The third-order valence-corrected chi connectivity index (χ3v) is 2.53. The van der Waals surface area contributed by atoms with Crippen molar-refractivity contribution in [3.05, 3.63) is 48.5 Å². The number of carbonyl (C=O) groups is 1. The predicted molar refractivity (Wildman–Crippen MR) is 71.6 cm³/mol. The number of nitrogens with two attached hydrogens (primary N) is 1. The third-order valence-electron chi connectivity index (χ3n) is 2.53. The van der Waals surface area contributed by atoms with E-state index in [1.54, 1.807) is 13.2 Å². The average Bonchev–Trinajstić information content (AvgIpc) is 2.38. The van der Waals surface area contributed by atoms with Crippen LogP contribution in [0.25, 0.3) is 11.1 Å². The maximum absolute atomic E-state index is 10.8. The largest absolute Gasteiger partial charge is 0.497 e. The molecule has 0 aromatic heterocycles. The molecule has 0 spiro atoms. The van der Waals surface area contributed by atoms with Gasteiger partial charge in [-0.15, -0.1) is 0 Å². The molecule has 2 aromatic rings. The number of anilines is 1. The van der Waals surface area contributed by atoms with Crippen molar-refractivity contribution in [1.82, 2.24) is 0 Å². The highest BCUT2D eigenvalue weighted by Crippen LogP contribution is 2.25. The van der Waals surface area contributed by atoms with Crippen LogP contribution in [0.5, 0.6) is 5.75 Å². The molecule has 18 heavy (non-hydrogen) atoms. The minimum Gasteiger partial charge on any atom is -0.497 e. The molecule has 0 unspecified atom stereocenters. The van der Waals surface area contributed by atoms with Gasteiger partial charge in [-0.2, -0.15) is 0 Å². The van der Waals surface area contributed by atoms with Crippen molar-refractivity contribution in [3.8, 4) is 16.9 Å². The van der Waals surface area contributed by atoms with Crippen molar-refractivity contribution in [3.63, 3.8) is 0 Å². The summed E-state index contributed by atoms with van der Waals surface area (Å²) < 4.78 is 5.18. The van der Waals surface area contributed by atoms with E-state index in [-0.39, 0.29) is 0 Å². The Bertz CT molecular complexity index is 567. The second kappa shape index (κ2) is 5.23. The molecule has 2 rings (SSSR count). The Morgan fingerprint density at radius 2 is 1.78 bits per heavy atom. The van der Waals surface area contributed by atoms with Crippen LogP contribution in [0.15, 0.2) is 48.5 Å². The number of benzene rings is 2. The van der Waals surface area contributed by atoms with Gasteiger partial charge in [0.2, 0.25) is 0 Å². The van der Waals surface area contributed by atoms with Gasteiger partial charge < -0.3 is 15.8 Å². The molecule has 92 valence electrons. The molecule has 0 aliphatic rings. The third kappa shape index (κ3) is 2.79. The van der Waals surface area contributed by atoms with Crippen molar-refractivity contribution < 1.29 is 9.53 Å². The lowest BCUT2D eigenvalue weighted by molar-refractivity contribution is 0.259. The van der Waals surface area contributed by atoms with E-state index in [2.05, 4.69) is 5.32 Å². The number of hydrogen-bond acceptors (Lipinski definition) is 2. The molecule has 0 saturated heterocycles. The van der Waals surface area contributed by atoms with E-state index in [9.17, 15) is 4.79 Å². The first kappa shape index (κ1) is 12.0. The lowest BCUT2D eigenvalue weighted by Crippen LogP contribution is -2.19. The van der Waals surface area contributed by atoms with Gasteiger partial charge in [0.05, 0.1) is 7.11 Å². The molecule has 3 N–H and O–H groups in total. The summed E-state index contributed by atoms with van der Waals surface area (Å²) in [4.78, 5) is 10.8. The smallest absolute Gasteiger partial charge is 0.316 e. The van der Waals surface area contributed by atoms with Crippen molar-refractivity contribution >= 4 is 11.7 Å². The Labute approximate surface area is 105 Å². The Balaban J connectivity index is 2.34. The monoisotopic (exact) mass is 242 g/mol. The van der Waals surface area contributed by atoms with Crippen LogP contribution in [0.2, 0.25) is 0 Å². The van der Waals surface area contributed by atoms with Crippen LogP contribution in [-0.4, -0.2) is 13.1 Å². The first-order valence-electron chi connectivity index (χ1n) is 5.50. The summed E-state index contributed by atoms with van der Waals surface area (Å²) in [5.74, 6) is 0.792. The molecule has 0 aliphatic carbocycles. The number of primary amides is 1. The molecule has 2 amide bonds. The summed E-state index contributed by atoms with van der Waals surface area (Å²) in [6, 6.07) is 14.6. The fraction of sp³-hybridized carbons (Fsp3) is 0.0714. The zero-order chi connectivity index (χ0) is 13.0. The van der Waals surface area contributed by atoms with E-state index in [1.165, 1.54) is 0 Å². The molecule has 0 radical (unpaired) electrons. The second-order valence-corrected chi connectivity index (χ2v) is 3.80. The van der Waals surface area contributed by atoms with E-state index in [1.807, 2.05) is 42.5 Å². The fourth-order valence-electron chi connectivity index (χ4n) is 1.72. The van der Waals surface area contributed by atoms with Crippen molar-refractivity contribution in [2.75, 3.05) is 12.4 Å². The molecule has 0 saturated carbocycles. The maximum atomic E-state index is 10.8. The summed E-state index contributed by atoms with van der Waals surface area (Å²) in [5.41, 5.74) is 7.76. The van der Waals surface area contributed by atoms with Gasteiger partial charge in [-0.25, -0.2) is 4.79 Å².